The van der Waals surface area contributed by atoms with Crippen LogP contribution in [0, 0.1) is 5.82 Å². The van der Waals surface area contributed by atoms with E-state index in [0.717, 1.165) is 16.7 Å². The maximum Gasteiger partial charge on any atom is 0.246 e. The second-order valence-electron chi connectivity index (χ2n) is 7.02. The Morgan fingerprint density at radius 3 is 2.66 bits per heavy atom. The van der Waals surface area contributed by atoms with Crippen molar-refractivity contribution in [3.63, 3.8) is 0 Å². The largest absolute Gasteiger partial charge is 0.507 e. The number of aromatic hydroxyl groups is 1. The Balaban J connectivity index is 1.71. The first-order chi connectivity index (χ1) is 14.0. The minimum Gasteiger partial charge on any atom is -0.507 e. The number of hydrogen-bond donors (Lipinski definition) is 1. The molecule has 1 saturated heterocycles. The lowest BCUT2D eigenvalue weighted by Crippen LogP contribution is -2.48. The Morgan fingerprint density at radius 2 is 2.00 bits per heavy atom. The van der Waals surface area contributed by atoms with Gasteiger partial charge in [-0.1, -0.05) is 18.7 Å². The highest BCUT2D eigenvalue weighted by Gasteiger charge is 2.24. The molecule has 4 rings (SSSR count). The molecular formula is C22H23FN4O2. The van der Waals surface area contributed by atoms with Crippen molar-refractivity contribution in [1.29, 1.82) is 0 Å². The number of nitrogens with zero attached hydrogens (tertiary/aromatic N) is 4. The third-order valence-corrected chi connectivity index (χ3v) is 5.36. The number of hydrogen-bond acceptors (Lipinski definition) is 4. The first kappa shape index (κ1) is 19.0. The summed E-state index contributed by atoms with van der Waals surface area (Å²) >= 11 is 0. The molecule has 29 heavy (non-hydrogen) atoms. The first-order valence-electron chi connectivity index (χ1n) is 9.68. The molecule has 1 aliphatic heterocycles. The zero-order valence-electron chi connectivity index (χ0n) is 16.3. The summed E-state index contributed by atoms with van der Waals surface area (Å²) in [5, 5.41) is 15.8. The number of aryl methyl sites for hydroxylation is 1. The van der Waals surface area contributed by atoms with Gasteiger partial charge in [-0.3, -0.25) is 4.79 Å². The van der Waals surface area contributed by atoms with E-state index in [1.807, 2.05) is 23.7 Å². The topological polar surface area (TPSA) is 61.6 Å². The number of rotatable bonds is 4. The van der Waals surface area contributed by atoms with Crippen LogP contribution in [0.1, 0.15) is 6.92 Å². The Morgan fingerprint density at radius 1 is 1.24 bits per heavy atom. The molecule has 1 aliphatic rings. The monoisotopic (exact) mass is 394 g/mol. The molecule has 150 valence electrons. The highest BCUT2D eigenvalue weighted by molar-refractivity contribution is 5.94. The summed E-state index contributed by atoms with van der Waals surface area (Å²) in [5.74, 6) is 0.385. The molecule has 1 N–H and O–H groups in total. The van der Waals surface area contributed by atoms with Gasteiger partial charge in [-0.2, -0.15) is 5.10 Å². The summed E-state index contributed by atoms with van der Waals surface area (Å²) in [6.45, 7) is 8.93. The molecule has 0 bridgehead atoms. The molecule has 2 heterocycles. The smallest absolute Gasteiger partial charge is 0.246 e. The van der Waals surface area contributed by atoms with Crippen molar-refractivity contribution in [3.8, 4) is 16.9 Å². The molecule has 6 nitrogen and oxygen atoms in total. The molecule has 0 saturated carbocycles. The van der Waals surface area contributed by atoms with Crippen molar-refractivity contribution in [2.24, 2.45) is 0 Å². The van der Waals surface area contributed by atoms with E-state index in [2.05, 4.69) is 11.5 Å². The van der Waals surface area contributed by atoms with Gasteiger partial charge in [-0.15, -0.1) is 0 Å². The predicted molar refractivity (Wildman–Crippen MR) is 111 cm³/mol. The van der Waals surface area contributed by atoms with Gasteiger partial charge in [0.05, 0.1) is 11.1 Å². The van der Waals surface area contributed by atoms with Crippen LogP contribution in [0.5, 0.6) is 5.75 Å². The number of halogens is 1. The van der Waals surface area contributed by atoms with Crippen LogP contribution in [0.15, 0.2) is 49.1 Å². The standard InChI is InChI=1S/C22H23FN4O2/c1-3-20(29)25-10-12-26(13-11-25)22-16-9-8-15(14-18(16)24-27(22)4-2)21-17(23)6-5-7-19(21)28/h3,5-9,14,28H,1,4,10-13H2,2H3. The molecule has 0 aliphatic carbocycles. The van der Waals surface area contributed by atoms with Crippen LogP contribution >= 0.6 is 0 Å². The number of carbonyl (C=O) groups is 1. The van der Waals surface area contributed by atoms with Gasteiger partial charge in [0.25, 0.3) is 0 Å². The third-order valence-electron chi connectivity index (χ3n) is 5.36. The van der Waals surface area contributed by atoms with Crippen molar-refractivity contribution in [3.05, 3.63) is 54.9 Å². The maximum absolute atomic E-state index is 14.3. The van der Waals surface area contributed by atoms with Crippen molar-refractivity contribution >= 4 is 22.6 Å². The van der Waals surface area contributed by atoms with Crippen LogP contribution in [0.4, 0.5) is 10.2 Å². The molecular weight excluding hydrogens is 371 g/mol. The van der Waals surface area contributed by atoms with Crippen LogP contribution in [0.25, 0.3) is 22.0 Å². The lowest BCUT2D eigenvalue weighted by molar-refractivity contribution is -0.126. The Labute approximate surface area is 168 Å². The van der Waals surface area contributed by atoms with E-state index >= 15 is 0 Å². The molecule has 1 aromatic heterocycles. The summed E-state index contributed by atoms with van der Waals surface area (Å²) in [5.41, 5.74) is 1.51. The van der Waals surface area contributed by atoms with Gasteiger partial charge in [0.2, 0.25) is 5.91 Å². The zero-order chi connectivity index (χ0) is 20.5. The number of aromatic nitrogens is 2. The lowest BCUT2D eigenvalue weighted by Gasteiger charge is -2.35. The van der Waals surface area contributed by atoms with Gasteiger partial charge in [0.15, 0.2) is 0 Å². The van der Waals surface area contributed by atoms with E-state index in [9.17, 15) is 14.3 Å². The summed E-state index contributed by atoms with van der Waals surface area (Å²) in [6.07, 6.45) is 1.35. The number of phenolic OH excluding ortho intramolecular Hbond substituents is 1. The number of anilines is 1. The molecule has 0 spiro atoms. The molecule has 0 unspecified atom stereocenters. The van der Waals surface area contributed by atoms with Crippen LogP contribution in [-0.2, 0) is 11.3 Å². The quantitative estimate of drug-likeness (QED) is 0.689. The fourth-order valence-electron chi connectivity index (χ4n) is 3.90. The molecule has 1 fully saturated rings. The average Bonchev–Trinajstić information content (AvgIpc) is 3.11. The normalized spacial score (nSPS) is 14.4. The van der Waals surface area contributed by atoms with Crippen LogP contribution in [0.3, 0.4) is 0 Å². The fourth-order valence-corrected chi connectivity index (χ4v) is 3.90. The first-order valence-corrected chi connectivity index (χ1v) is 9.68. The highest BCUT2D eigenvalue weighted by atomic mass is 19.1. The van der Waals surface area contributed by atoms with Crippen molar-refractivity contribution in [2.75, 3.05) is 31.1 Å². The number of phenols is 1. The van der Waals surface area contributed by atoms with Gasteiger partial charge < -0.3 is 14.9 Å². The average molecular weight is 394 g/mol. The highest BCUT2D eigenvalue weighted by Crippen LogP contribution is 2.36. The predicted octanol–water partition coefficient (Wildman–Crippen LogP) is 3.40. The molecule has 2 aromatic carbocycles. The molecule has 7 heteroatoms. The van der Waals surface area contributed by atoms with E-state index in [4.69, 9.17) is 5.10 Å². The summed E-state index contributed by atoms with van der Waals surface area (Å²) in [6, 6.07) is 9.82. The van der Waals surface area contributed by atoms with Crippen LogP contribution in [-0.4, -0.2) is 51.9 Å². The minimum absolute atomic E-state index is 0.0483. The number of amides is 1. The SMILES string of the molecule is C=CC(=O)N1CCN(c2c3ccc(-c4c(O)cccc4F)cc3nn2CC)CC1. The molecule has 1 amide bonds. The maximum atomic E-state index is 14.3. The second kappa shape index (κ2) is 7.58. The second-order valence-corrected chi connectivity index (χ2v) is 7.02. The van der Waals surface area contributed by atoms with Crippen LogP contribution < -0.4 is 4.90 Å². The van der Waals surface area contributed by atoms with E-state index < -0.39 is 5.82 Å². The van der Waals surface area contributed by atoms with Gasteiger partial charge in [0, 0.05) is 38.1 Å². The molecule has 3 aromatic rings. The lowest BCUT2D eigenvalue weighted by atomic mass is 10.0. The van der Waals surface area contributed by atoms with Gasteiger partial charge in [0.1, 0.15) is 17.4 Å². The molecule has 0 atom stereocenters. The Kier molecular flexibility index (Phi) is 4.96. The summed E-state index contributed by atoms with van der Waals surface area (Å²) < 4.78 is 16.2. The minimum atomic E-state index is -0.470. The summed E-state index contributed by atoms with van der Waals surface area (Å²) in [7, 11) is 0. The summed E-state index contributed by atoms with van der Waals surface area (Å²) in [4.78, 5) is 15.9. The zero-order valence-corrected chi connectivity index (χ0v) is 16.3. The molecule has 0 radical (unpaired) electrons. The van der Waals surface area contributed by atoms with Gasteiger partial charge in [-0.25, -0.2) is 9.07 Å². The van der Waals surface area contributed by atoms with Gasteiger partial charge in [-0.05, 0) is 42.8 Å². The number of piperazine rings is 1. The number of carbonyl (C=O) groups excluding carboxylic acids is 1. The number of fused-ring (bicyclic) bond motifs is 1. The Hall–Kier alpha value is -3.35. The van der Waals surface area contributed by atoms with Gasteiger partial charge >= 0.3 is 0 Å². The van der Waals surface area contributed by atoms with E-state index in [1.165, 1.54) is 24.3 Å². The van der Waals surface area contributed by atoms with Crippen molar-refractivity contribution < 1.29 is 14.3 Å². The van der Waals surface area contributed by atoms with E-state index in [0.29, 0.717) is 38.3 Å². The number of benzene rings is 2. The van der Waals surface area contributed by atoms with E-state index in [1.54, 1.807) is 11.0 Å². The fraction of sp³-hybridized carbons (Fsp3) is 0.273. The van der Waals surface area contributed by atoms with Crippen molar-refractivity contribution in [1.82, 2.24) is 14.7 Å². The van der Waals surface area contributed by atoms with Crippen molar-refractivity contribution in [2.45, 2.75) is 13.5 Å². The Bertz CT molecular complexity index is 1060. The van der Waals surface area contributed by atoms with Crippen LogP contribution in [0.2, 0.25) is 0 Å². The van der Waals surface area contributed by atoms with E-state index in [-0.39, 0.29) is 17.2 Å². The third kappa shape index (κ3) is 3.33.